The van der Waals surface area contributed by atoms with Crippen molar-refractivity contribution < 1.29 is 1.43 Å². The number of fused-ring (bicyclic) bond motifs is 1. The van der Waals surface area contributed by atoms with Crippen molar-refractivity contribution >= 4 is 51.2 Å². The number of anilines is 9. The first-order valence-corrected chi connectivity index (χ1v) is 26.4. The fourth-order valence-corrected chi connectivity index (χ4v) is 10.4. The average molecular weight is 948 g/mol. The second-order valence-corrected chi connectivity index (χ2v) is 19.4. The lowest BCUT2D eigenvalue weighted by Crippen LogP contribution is -2.10. The van der Waals surface area contributed by atoms with Gasteiger partial charge in [0, 0.05) is 52.6 Å². The molecule has 0 atom stereocenters. The maximum atomic E-state index is 2.39. The second-order valence-electron chi connectivity index (χ2n) is 19.4. The van der Waals surface area contributed by atoms with Crippen LogP contribution in [0.1, 0.15) is 63.6 Å². The molecule has 0 fully saturated rings. The normalized spacial score (nSPS) is 11.6. The first-order valence-electron chi connectivity index (χ1n) is 26.4. The Labute approximate surface area is 434 Å². The molecule has 0 radical (unpaired) electrons. The van der Waals surface area contributed by atoms with Crippen molar-refractivity contribution in [2.75, 3.05) is 14.7 Å². The Morgan fingerprint density at radius 2 is 0.616 bits per heavy atom. The highest BCUT2D eigenvalue weighted by atomic mass is 15.2. The van der Waals surface area contributed by atoms with Crippen LogP contribution in [0.15, 0.2) is 255 Å². The minimum atomic E-state index is 0. The molecule has 0 bridgehead atoms. The van der Waals surface area contributed by atoms with Crippen LogP contribution in [-0.2, 0) is 19.3 Å². The molecule has 3 heteroatoms. The molecule has 360 valence electrons. The summed E-state index contributed by atoms with van der Waals surface area (Å²) in [5, 5.41) is 0. The summed E-state index contributed by atoms with van der Waals surface area (Å²) in [4.78, 5) is 7.05. The summed E-state index contributed by atoms with van der Waals surface area (Å²) in [6.07, 6.45) is 11.4. The number of para-hydroxylation sites is 3. The molecule has 0 saturated carbocycles. The minimum Gasteiger partial charge on any atom is -0.311 e. The molecule has 73 heavy (non-hydrogen) atoms. The first kappa shape index (κ1) is 47.0. The average Bonchev–Trinajstić information content (AvgIpc) is 3.45. The molecule has 0 spiro atoms. The Bertz CT molecular complexity index is 3300. The van der Waals surface area contributed by atoms with Crippen LogP contribution in [0.2, 0.25) is 0 Å². The van der Waals surface area contributed by atoms with Crippen molar-refractivity contribution in [3.63, 3.8) is 0 Å². The molecule has 0 aliphatic heterocycles. The largest absolute Gasteiger partial charge is 0.311 e. The first-order chi connectivity index (χ1) is 36.1. The maximum absolute atomic E-state index is 2.39. The Morgan fingerprint density at radius 1 is 0.274 bits per heavy atom. The van der Waals surface area contributed by atoms with Gasteiger partial charge in [-0.1, -0.05) is 185 Å². The van der Waals surface area contributed by atoms with E-state index in [-0.39, 0.29) is 1.43 Å². The van der Waals surface area contributed by atoms with Gasteiger partial charge >= 0.3 is 0 Å². The lowest BCUT2D eigenvalue weighted by atomic mass is 9.86. The van der Waals surface area contributed by atoms with E-state index in [1.807, 2.05) is 0 Å². The third-order valence-electron chi connectivity index (χ3n) is 14.5. The molecule has 0 aromatic heterocycles. The molecule has 10 aromatic rings. The van der Waals surface area contributed by atoms with Crippen LogP contribution < -0.4 is 14.7 Å². The number of aryl methyl sites for hydroxylation is 3. The van der Waals surface area contributed by atoms with Crippen molar-refractivity contribution in [2.45, 2.75) is 64.7 Å². The van der Waals surface area contributed by atoms with E-state index in [1.54, 1.807) is 0 Å². The van der Waals surface area contributed by atoms with Crippen molar-refractivity contribution in [1.82, 2.24) is 0 Å². The summed E-state index contributed by atoms with van der Waals surface area (Å²) >= 11 is 0. The highest BCUT2D eigenvalue weighted by molar-refractivity contribution is 5.84. The molecule has 1 aliphatic rings. The lowest BCUT2D eigenvalue weighted by Gasteiger charge is -2.27. The van der Waals surface area contributed by atoms with Gasteiger partial charge in [-0.15, -0.1) is 0 Å². The summed E-state index contributed by atoms with van der Waals surface area (Å²) in [6.45, 7) is 2.28. The Morgan fingerprint density at radius 3 is 1.03 bits per heavy atom. The van der Waals surface area contributed by atoms with E-state index in [0.29, 0.717) is 0 Å². The number of rotatable bonds is 19. The van der Waals surface area contributed by atoms with Crippen molar-refractivity contribution in [3.8, 4) is 33.4 Å². The minimum absolute atomic E-state index is 0. The van der Waals surface area contributed by atoms with Crippen LogP contribution in [0.3, 0.4) is 0 Å². The van der Waals surface area contributed by atoms with Crippen LogP contribution in [0.5, 0.6) is 0 Å². The van der Waals surface area contributed by atoms with Crippen LogP contribution in [0, 0.1) is 0 Å². The van der Waals surface area contributed by atoms with Crippen LogP contribution >= 0.6 is 0 Å². The highest BCUT2D eigenvalue weighted by Gasteiger charge is 2.19. The molecule has 11 rings (SSSR count). The Balaban J connectivity index is 0.00000626. The number of hydrogen-bond donors (Lipinski definition) is 0. The van der Waals surface area contributed by atoms with Gasteiger partial charge in [-0.05, 0) is 185 Å². The second kappa shape index (κ2) is 22.4. The highest BCUT2D eigenvalue weighted by Crippen LogP contribution is 2.41. The maximum Gasteiger partial charge on any atom is 0.0467 e. The molecular weight excluding hydrogens is 883 g/mol. The molecule has 0 heterocycles. The molecule has 10 aromatic carbocycles. The molecule has 0 saturated heterocycles. The van der Waals surface area contributed by atoms with Gasteiger partial charge in [-0.25, -0.2) is 0 Å². The summed E-state index contributed by atoms with van der Waals surface area (Å²) in [5.41, 5.74) is 21.7. The van der Waals surface area contributed by atoms with Gasteiger partial charge in [-0.2, -0.15) is 0 Å². The quantitative estimate of drug-likeness (QED) is 0.0748. The summed E-state index contributed by atoms with van der Waals surface area (Å²) in [7, 11) is 0. The molecule has 1 aliphatic carbocycles. The standard InChI is InChI=1S/C70H63N3.H2/c1-2-3-4-5-6-10-18-53-27-41-65(42-28-53)72(64-24-15-9-16-25-64)67-45-35-55(36-46-67)57-39-49-69(50-40-57)73(70-26-17-19-59(52-70)61-32-30-58-29-31-60(58)51-61)68-47-37-56(38-48-68)54-33-43-66(44-34-54)71(62-20-11-7-12-21-62)63-22-13-8-14-23-63;/h7-9,11-17,19-28,30,32-52H,2-6,10,18,29,31H2,1H3;1H. The molecular formula is C70H65N3. The van der Waals surface area contributed by atoms with E-state index in [2.05, 4.69) is 276 Å². The van der Waals surface area contributed by atoms with Crippen LogP contribution in [0.4, 0.5) is 51.2 Å². The SMILES string of the molecule is CCCCCCCCc1ccc(N(c2ccccc2)c2ccc(-c3ccc(N(c4ccc(-c5ccc(N(c6ccccc6)c6ccccc6)cc5)cc4)c4cccc(-c5ccc6c(c5)CC6)c4)cc3)cc2)cc1.[HH]. The van der Waals surface area contributed by atoms with Crippen LogP contribution in [-0.4, -0.2) is 0 Å². The third kappa shape index (κ3) is 10.8. The van der Waals surface area contributed by atoms with E-state index in [9.17, 15) is 0 Å². The zero-order chi connectivity index (χ0) is 49.2. The Hall–Kier alpha value is -8.40. The number of nitrogens with zero attached hydrogens (tertiary/aromatic N) is 3. The third-order valence-corrected chi connectivity index (χ3v) is 14.5. The fraction of sp³-hybridized carbons (Fsp3) is 0.143. The topological polar surface area (TPSA) is 9.72 Å². The van der Waals surface area contributed by atoms with Gasteiger partial charge in [0.05, 0.1) is 0 Å². The fourth-order valence-electron chi connectivity index (χ4n) is 10.4. The van der Waals surface area contributed by atoms with E-state index < -0.39 is 0 Å². The van der Waals surface area contributed by atoms with Gasteiger partial charge in [0.25, 0.3) is 0 Å². The van der Waals surface area contributed by atoms with Crippen molar-refractivity contribution in [1.29, 1.82) is 0 Å². The zero-order valence-electron chi connectivity index (χ0n) is 42.0. The van der Waals surface area contributed by atoms with Crippen molar-refractivity contribution in [2.24, 2.45) is 0 Å². The molecule has 0 N–H and O–H groups in total. The number of unbranched alkanes of at least 4 members (excludes halogenated alkanes) is 5. The van der Waals surface area contributed by atoms with Crippen molar-refractivity contribution in [3.05, 3.63) is 271 Å². The molecule has 0 unspecified atom stereocenters. The van der Waals surface area contributed by atoms with E-state index in [0.717, 1.165) is 58.3 Å². The Kier molecular flexibility index (Phi) is 14.4. The van der Waals surface area contributed by atoms with Gasteiger partial charge in [0.15, 0.2) is 0 Å². The van der Waals surface area contributed by atoms with Gasteiger partial charge in [-0.3, -0.25) is 0 Å². The van der Waals surface area contributed by atoms with Gasteiger partial charge < -0.3 is 14.7 Å². The van der Waals surface area contributed by atoms with E-state index >= 15 is 0 Å². The molecule has 0 amide bonds. The number of hydrogen-bond acceptors (Lipinski definition) is 3. The van der Waals surface area contributed by atoms with Gasteiger partial charge in [0.2, 0.25) is 0 Å². The summed E-state index contributed by atoms with van der Waals surface area (Å²) in [6, 6.07) is 93.1. The predicted octanol–water partition coefficient (Wildman–Crippen LogP) is 20.3. The lowest BCUT2D eigenvalue weighted by molar-refractivity contribution is 0.607. The zero-order valence-corrected chi connectivity index (χ0v) is 42.0. The summed E-state index contributed by atoms with van der Waals surface area (Å²) in [5.74, 6) is 0. The van der Waals surface area contributed by atoms with Gasteiger partial charge in [0.1, 0.15) is 0 Å². The number of benzene rings is 10. The summed E-state index contributed by atoms with van der Waals surface area (Å²) < 4.78 is 0. The molecule has 3 nitrogen and oxygen atoms in total. The monoisotopic (exact) mass is 948 g/mol. The van der Waals surface area contributed by atoms with Crippen LogP contribution in [0.25, 0.3) is 33.4 Å². The van der Waals surface area contributed by atoms with E-state index in [4.69, 9.17) is 0 Å². The van der Waals surface area contributed by atoms with E-state index in [1.165, 1.54) is 101 Å². The predicted molar refractivity (Wildman–Crippen MR) is 313 cm³/mol. The smallest absolute Gasteiger partial charge is 0.0467 e.